The van der Waals surface area contributed by atoms with Crippen LogP contribution < -0.4 is 5.32 Å². The van der Waals surface area contributed by atoms with Crippen LogP contribution >= 0.6 is 0 Å². The first-order valence-electron chi connectivity index (χ1n) is 11.6. The molecular formula is C28H31N3O2. The van der Waals surface area contributed by atoms with Crippen molar-refractivity contribution in [2.45, 2.75) is 33.1 Å². The Morgan fingerprint density at radius 1 is 1.09 bits per heavy atom. The van der Waals surface area contributed by atoms with Crippen LogP contribution in [0.5, 0.6) is 0 Å². The quantitative estimate of drug-likeness (QED) is 0.598. The van der Waals surface area contributed by atoms with Gasteiger partial charge in [-0.15, -0.1) is 0 Å². The average molecular weight is 442 g/mol. The largest absolute Gasteiger partial charge is 0.356 e. The minimum Gasteiger partial charge on any atom is -0.356 e. The molecule has 4 rings (SSSR count). The van der Waals surface area contributed by atoms with Gasteiger partial charge in [-0.1, -0.05) is 60.2 Å². The molecular weight excluding hydrogens is 410 g/mol. The molecule has 170 valence electrons. The van der Waals surface area contributed by atoms with E-state index < -0.39 is 5.41 Å². The van der Waals surface area contributed by atoms with Gasteiger partial charge in [0.2, 0.25) is 11.8 Å². The van der Waals surface area contributed by atoms with E-state index in [0.717, 1.165) is 22.3 Å². The number of rotatable bonds is 7. The van der Waals surface area contributed by atoms with E-state index in [0.29, 0.717) is 38.9 Å². The van der Waals surface area contributed by atoms with Crippen LogP contribution in [0, 0.1) is 12.3 Å². The third-order valence-electron chi connectivity index (χ3n) is 6.48. The van der Waals surface area contributed by atoms with Gasteiger partial charge in [-0.2, -0.15) is 0 Å². The van der Waals surface area contributed by atoms with Gasteiger partial charge < -0.3 is 10.2 Å². The van der Waals surface area contributed by atoms with Crippen molar-refractivity contribution in [2.75, 3.05) is 19.6 Å². The molecule has 3 aromatic rings. The first kappa shape index (κ1) is 22.7. The predicted molar refractivity (Wildman–Crippen MR) is 131 cm³/mol. The van der Waals surface area contributed by atoms with Gasteiger partial charge in [0.05, 0.1) is 11.8 Å². The van der Waals surface area contributed by atoms with Crippen molar-refractivity contribution in [1.82, 2.24) is 15.2 Å². The highest BCUT2D eigenvalue weighted by Gasteiger charge is 2.46. The number of aryl methyl sites for hydroxylation is 1. The molecule has 1 aromatic heterocycles. The van der Waals surface area contributed by atoms with E-state index in [4.69, 9.17) is 0 Å². The Bertz CT molecular complexity index is 1130. The maximum absolute atomic E-state index is 13.3. The summed E-state index contributed by atoms with van der Waals surface area (Å²) in [5.74, 6) is 0.0712. The van der Waals surface area contributed by atoms with Gasteiger partial charge in [-0.25, -0.2) is 0 Å². The molecule has 1 aliphatic heterocycles. The Morgan fingerprint density at radius 2 is 1.94 bits per heavy atom. The fourth-order valence-corrected chi connectivity index (χ4v) is 4.77. The molecule has 2 heterocycles. The number of hydrogen-bond acceptors (Lipinski definition) is 3. The number of likely N-dealkylation sites (tertiary alicyclic amines) is 1. The average Bonchev–Trinajstić information content (AvgIpc) is 3.26. The molecule has 5 nitrogen and oxygen atoms in total. The molecule has 2 aromatic carbocycles. The lowest BCUT2D eigenvalue weighted by atomic mass is 9.78. The van der Waals surface area contributed by atoms with Crippen LogP contribution in [-0.2, 0) is 22.4 Å². The molecule has 0 unspecified atom stereocenters. The van der Waals surface area contributed by atoms with E-state index in [-0.39, 0.29) is 11.8 Å². The van der Waals surface area contributed by atoms with Gasteiger partial charge in [0.15, 0.2) is 0 Å². The Kier molecular flexibility index (Phi) is 6.87. The van der Waals surface area contributed by atoms with Crippen molar-refractivity contribution in [3.63, 3.8) is 0 Å². The van der Waals surface area contributed by atoms with E-state index in [1.165, 1.54) is 5.56 Å². The summed E-state index contributed by atoms with van der Waals surface area (Å²) in [5, 5.41) is 3.04. The Hall–Kier alpha value is -3.47. The zero-order valence-electron chi connectivity index (χ0n) is 19.4. The smallest absolute Gasteiger partial charge is 0.228 e. The number of nitrogens with one attached hydrogen (secondary N) is 1. The third-order valence-corrected chi connectivity index (χ3v) is 6.48. The Labute approximate surface area is 195 Å². The maximum atomic E-state index is 13.3. The predicted octanol–water partition coefficient (Wildman–Crippen LogP) is 4.20. The van der Waals surface area contributed by atoms with Crippen molar-refractivity contribution in [2.24, 2.45) is 5.41 Å². The van der Waals surface area contributed by atoms with Crippen LogP contribution in [0.1, 0.15) is 30.0 Å². The summed E-state index contributed by atoms with van der Waals surface area (Å²) in [6.07, 6.45) is 4.98. The van der Waals surface area contributed by atoms with Crippen molar-refractivity contribution in [3.05, 3.63) is 89.7 Å². The third kappa shape index (κ3) is 5.14. The van der Waals surface area contributed by atoms with E-state index in [1.807, 2.05) is 36.1 Å². The molecule has 0 saturated carbocycles. The fourth-order valence-electron chi connectivity index (χ4n) is 4.77. The number of hydrogen-bond donors (Lipinski definition) is 1. The molecule has 1 saturated heterocycles. The number of nitrogens with zero attached hydrogens (tertiary/aromatic N) is 2. The lowest BCUT2D eigenvalue weighted by Gasteiger charge is -2.29. The van der Waals surface area contributed by atoms with Crippen LogP contribution in [-0.4, -0.2) is 41.3 Å². The summed E-state index contributed by atoms with van der Waals surface area (Å²) in [4.78, 5) is 32.3. The molecule has 0 bridgehead atoms. The van der Waals surface area contributed by atoms with Crippen molar-refractivity contribution < 1.29 is 9.59 Å². The summed E-state index contributed by atoms with van der Waals surface area (Å²) in [5.41, 5.74) is 4.89. The van der Waals surface area contributed by atoms with Gasteiger partial charge in [0.1, 0.15) is 0 Å². The number of aromatic nitrogens is 1. The van der Waals surface area contributed by atoms with Crippen LogP contribution in [0.2, 0.25) is 0 Å². The minimum absolute atomic E-state index is 0.0284. The molecule has 1 N–H and O–H groups in total. The molecule has 1 aliphatic rings. The molecule has 0 aliphatic carbocycles. The first-order valence-corrected chi connectivity index (χ1v) is 11.6. The van der Waals surface area contributed by atoms with Gasteiger partial charge in [-0.3, -0.25) is 14.6 Å². The number of carbonyl (C=O) groups is 2. The molecule has 1 fully saturated rings. The number of benzene rings is 2. The first-order chi connectivity index (χ1) is 16.0. The Balaban J connectivity index is 1.61. The fraction of sp³-hybridized carbons (Fsp3) is 0.321. The van der Waals surface area contributed by atoms with Gasteiger partial charge in [0.25, 0.3) is 0 Å². The minimum atomic E-state index is -0.638. The lowest BCUT2D eigenvalue weighted by Crippen LogP contribution is -2.45. The van der Waals surface area contributed by atoms with Crippen LogP contribution in [0.25, 0.3) is 11.1 Å². The summed E-state index contributed by atoms with van der Waals surface area (Å²) >= 11 is 0. The summed E-state index contributed by atoms with van der Waals surface area (Å²) in [6, 6.07) is 20.5. The molecule has 5 heteroatoms. The maximum Gasteiger partial charge on any atom is 0.228 e. The normalized spacial score (nSPS) is 17.7. The van der Waals surface area contributed by atoms with Gasteiger partial charge in [-0.05, 0) is 55.0 Å². The van der Waals surface area contributed by atoms with Crippen LogP contribution in [0.4, 0.5) is 0 Å². The molecule has 2 amide bonds. The molecule has 0 spiro atoms. The highest BCUT2D eigenvalue weighted by molar-refractivity contribution is 5.86. The van der Waals surface area contributed by atoms with Gasteiger partial charge in [0, 0.05) is 32.0 Å². The Morgan fingerprint density at radius 3 is 2.70 bits per heavy atom. The second-order valence-electron chi connectivity index (χ2n) is 8.95. The van der Waals surface area contributed by atoms with E-state index >= 15 is 0 Å². The van der Waals surface area contributed by atoms with Crippen LogP contribution in [0.3, 0.4) is 0 Å². The monoisotopic (exact) mass is 441 g/mol. The van der Waals surface area contributed by atoms with E-state index in [1.54, 1.807) is 12.4 Å². The summed E-state index contributed by atoms with van der Waals surface area (Å²) in [7, 11) is 0. The molecule has 33 heavy (non-hydrogen) atoms. The highest BCUT2D eigenvalue weighted by atomic mass is 16.2. The number of amides is 2. The second kappa shape index (κ2) is 9.99. The second-order valence-corrected chi connectivity index (χ2v) is 8.95. The van der Waals surface area contributed by atoms with E-state index in [9.17, 15) is 9.59 Å². The van der Waals surface area contributed by atoms with Gasteiger partial charge >= 0.3 is 0 Å². The lowest BCUT2D eigenvalue weighted by molar-refractivity contribution is -0.132. The summed E-state index contributed by atoms with van der Waals surface area (Å²) < 4.78 is 0. The molecule has 0 radical (unpaired) electrons. The van der Waals surface area contributed by atoms with Crippen molar-refractivity contribution in [1.29, 1.82) is 0 Å². The van der Waals surface area contributed by atoms with E-state index in [2.05, 4.69) is 53.6 Å². The number of pyridine rings is 1. The highest BCUT2D eigenvalue weighted by Crippen LogP contribution is 2.38. The summed E-state index contributed by atoms with van der Waals surface area (Å²) in [6.45, 7) is 5.62. The molecule has 1 atom stereocenters. The standard InChI is InChI=1S/C28H31N3O2/c1-3-30-27(33)28(13-15-31(20-28)26(32)17-22-9-7-14-29-19-22)18-24-10-4-5-12-25(24)23-11-6-8-21(2)16-23/h4-12,14,16,19H,3,13,15,17-18,20H2,1-2H3,(H,30,33)/t28-/m0/s1. The zero-order valence-corrected chi connectivity index (χ0v) is 19.4. The topological polar surface area (TPSA) is 62.3 Å². The van der Waals surface area contributed by atoms with Crippen molar-refractivity contribution >= 4 is 11.8 Å². The van der Waals surface area contributed by atoms with Crippen LogP contribution in [0.15, 0.2) is 73.1 Å². The number of carbonyl (C=O) groups excluding carboxylic acids is 2. The van der Waals surface area contributed by atoms with Crippen molar-refractivity contribution in [3.8, 4) is 11.1 Å². The SMILES string of the molecule is CCNC(=O)[C@]1(Cc2ccccc2-c2cccc(C)c2)CCN(C(=O)Cc2cccnc2)C1. The zero-order chi connectivity index (χ0) is 23.3.